The minimum absolute atomic E-state index is 0.188. The van der Waals surface area contributed by atoms with Crippen molar-refractivity contribution in [2.45, 2.75) is 72.0 Å². The summed E-state index contributed by atoms with van der Waals surface area (Å²) < 4.78 is 33.3. The van der Waals surface area contributed by atoms with E-state index < -0.39 is 6.18 Å². The first-order chi connectivity index (χ1) is 16.5. The lowest BCUT2D eigenvalue weighted by molar-refractivity contribution is -0.110. The fourth-order valence-electron chi connectivity index (χ4n) is 3.20. The molecule has 35 heavy (non-hydrogen) atoms. The van der Waals surface area contributed by atoms with E-state index in [9.17, 15) is 13.2 Å². The highest BCUT2D eigenvalue weighted by atomic mass is 19.4. The molecule has 1 aromatic heterocycles. The van der Waals surface area contributed by atoms with Crippen molar-refractivity contribution < 1.29 is 13.2 Å². The Morgan fingerprint density at radius 2 is 1.66 bits per heavy atom. The normalized spacial score (nSPS) is 10.5. The van der Waals surface area contributed by atoms with Crippen LogP contribution in [0.1, 0.15) is 63.6 Å². The SMILES string of the molecule is C=C(Nc1ccc(C)cc1)Nc1cc(C(=C)NCCCCCC#N)n(CCCC)c1.CC(F)(F)F. The van der Waals surface area contributed by atoms with E-state index in [2.05, 4.69) is 78.0 Å². The number of aryl methyl sites for hydroxylation is 2. The average Bonchev–Trinajstić information content (AvgIpc) is 3.17. The molecule has 0 aliphatic rings. The lowest BCUT2D eigenvalue weighted by Crippen LogP contribution is -2.15. The van der Waals surface area contributed by atoms with Crippen LogP contribution in [0, 0.1) is 18.3 Å². The van der Waals surface area contributed by atoms with Gasteiger partial charge in [0.25, 0.3) is 0 Å². The Morgan fingerprint density at radius 3 is 2.26 bits per heavy atom. The molecule has 0 amide bonds. The van der Waals surface area contributed by atoms with Crippen LogP contribution in [-0.4, -0.2) is 17.3 Å². The zero-order valence-electron chi connectivity index (χ0n) is 21.1. The second-order valence-corrected chi connectivity index (χ2v) is 8.41. The van der Waals surface area contributed by atoms with Crippen molar-refractivity contribution in [2.24, 2.45) is 0 Å². The zero-order valence-corrected chi connectivity index (χ0v) is 21.1. The first-order valence-electron chi connectivity index (χ1n) is 11.9. The van der Waals surface area contributed by atoms with Crippen LogP contribution in [0.2, 0.25) is 0 Å². The van der Waals surface area contributed by atoms with Gasteiger partial charge < -0.3 is 20.5 Å². The van der Waals surface area contributed by atoms with Gasteiger partial charge >= 0.3 is 6.18 Å². The molecule has 0 spiro atoms. The third kappa shape index (κ3) is 13.8. The Morgan fingerprint density at radius 1 is 1.03 bits per heavy atom. The monoisotopic (exact) mass is 489 g/mol. The molecule has 2 aromatic rings. The van der Waals surface area contributed by atoms with Crippen LogP contribution in [0.3, 0.4) is 0 Å². The second kappa shape index (κ2) is 15.5. The van der Waals surface area contributed by atoms with Crippen molar-refractivity contribution >= 4 is 17.1 Å². The molecule has 0 unspecified atom stereocenters. The van der Waals surface area contributed by atoms with Crippen LogP contribution in [-0.2, 0) is 6.54 Å². The molecule has 1 heterocycles. The fourth-order valence-corrected chi connectivity index (χ4v) is 3.20. The van der Waals surface area contributed by atoms with E-state index in [1.165, 1.54) is 5.56 Å². The van der Waals surface area contributed by atoms with E-state index in [0.29, 0.717) is 6.42 Å². The number of rotatable bonds is 14. The number of nitrogens with one attached hydrogen (secondary N) is 3. The Kier molecular flexibility index (Phi) is 13.2. The molecule has 0 fully saturated rings. The van der Waals surface area contributed by atoms with Crippen LogP contribution in [0.15, 0.2) is 55.5 Å². The van der Waals surface area contributed by atoms with E-state index >= 15 is 0 Å². The highest BCUT2D eigenvalue weighted by Gasteiger charge is 2.15. The summed E-state index contributed by atoms with van der Waals surface area (Å²) in [4.78, 5) is 0. The third-order valence-corrected chi connectivity index (χ3v) is 4.90. The number of alkyl halides is 3. The Balaban J connectivity index is 0.00000111. The van der Waals surface area contributed by atoms with Gasteiger partial charge in [0.05, 0.1) is 23.1 Å². The molecule has 0 radical (unpaired) electrons. The lowest BCUT2D eigenvalue weighted by atomic mass is 10.2. The van der Waals surface area contributed by atoms with Crippen LogP contribution in [0.5, 0.6) is 0 Å². The van der Waals surface area contributed by atoms with E-state index in [4.69, 9.17) is 5.26 Å². The summed E-state index contributed by atoms with van der Waals surface area (Å²) in [6, 6.07) is 12.5. The maximum absolute atomic E-state index is 10.4. The third-order valence-electron chi connectivity index (χ3n) is 4.90. The van der Waals surface area contributed by atoms with Gasteiger partial charge in [0, 0.05) is 38.3 Å². The quantitative estimate of drug-likeness (QED) is 0.237. The van der Waals surface area contributed by atoms with Crippen molar-refractivity contribution in [2.75, 3.05) is 17.2 Å². The topological polar surface area (TPSA) is 64.8 Å². The van der Waals surface area contributed by atoms with Gasteiger partial charge in [-0.25, -0.2) is 0 Å². The molecule has 5 nitrogen and oxygen atoms in total. The highest BCUT2D eigenvalue weighted by molar-refractivity contribution is 5.66. The van der Waals surface area contributed by atoms with Crippen LogP contribution in [0.25, 0.3) is 5.70 Å². The molecule has 0 saturated carbocycles. The maximum atomic E-state index is 10.4. The summed E-state index contributed by atoms with van der Waals surface area (Å²) in [6.07, 6.45) is 4.07. The first kappa shape index (κ1) is 29.7. The number of hydrogen-bond acceptors (Lipinski definition) is 4. The number of halogens is 3. The van der Waals surface area contributed by atoms with E-state index in [1.807, 2.05) is 12.1 Å². The van der Waals surface area contributed by atoms with Crippen molar-refractivity contribution in [1.29, 1.82) is 5.26 Å². The number of anilines is 2. The Bertz CT molecular complexity index is 947. The predicted octanol–water partition coefficient (Wildman–Crippen LogP) is 7.80. The van der Waals surface area contributed by atoms with Crippen molar-refractivity contribution in [3.63, 3.8) is 0 Å². The average molecular weight is 490 g/mol. The summed E-state index contributed by atoms with van der Waals surface area (Å²) in [7, 11) is 0. The molecule has 0 saturated heterocycles. The first-order valence-corrected chi connectivity index (χ1v) is 11.9. The zero-order chi connectivity index (χ0) is 26.3. The Hall–Kier alpha value is -3.34. The van der Waals surface area contributed by atoms with Gasteiger partial charge in [-0.2, -0.15) is 18.4 Å². The fraction of sp³-hybridized carbons (Fsp3) is 0.444. The highest BCUT2D eigenvalue weighted by Crippen LogP contribution is 2.22. The largest absolute Gasteiger partial charge is 0.386 e. The van der Waals surface area contributed by atoms with E-state index in [0.717, 1.165) is 73.8 Å². The van der Waals surface area contributed by atoms with Crippen molar-refractivity contribution in [1.82, 2.24) is 9.88 Å². The van der Waals surface area contributed by atoms with Crippen LogP contribution < -0.4 is 16.0 Å². The minimum atomic E-state index is -4.00. The predicted molar refractivity (Wildman–Crippen MR) is 140 cm³/mol. The van der Waals surface area contributed by atoms with Crippen LogP contribution in [0.4, 0.5) is 24.5 Å². The summed E-state index contributed by atoms with van der Waals surface area (Å²) in [6.45, 7) is 14.6. The molecule has 8 heteroatoms. The number of hydrogen-bond donors (Lipinski definition) is 3. The second-order valence-electron chi connectivity index (χ2n) is 8.41. The molecule has 2 rings (SSSR count). The van der Waals surface area contributed by atoms with Gasteiger partial charge in [0.15, 0.2) is 0 Å². The number of unbranched alkanes of at least 4 members (excludes halogenated alkanes) is 4. The molecule has 0 atom stereocenters. The van der Waals surface area contributed by atoms with Gasteiger partial charge in [-0.1, -0.05) is 50.6 Å². The minimum Gasteiger partial charge on any atom is -0.384 e. The number of nitriles is 1. The number of aromatic nitrogens is 1. The molecular weight excluding hydrogens is 451 g/mol. The van der Waals surface area contributed by atoms with E-state index in [1.54, 1.807) is 0 Å². The van der Waals surface area contributed by atoms with Crippen molar-refractivity contribution in [3.05, 3.63) is 66.8 Å². The number of nitrogens with zero attached hydrogens (tertiary/aromatic N) is 2. The summed E-state index contributed by atoms with van der Waals surface area (Å²) >= 11 is 0. The van der Waals surface area contributed by atoms with E-state index in [-0.39, 0.29) is 6.92 Å². The van der Waals surface area contributed by atoms with Gasteiger partial charge in [0.1, 0.15) is 5.82 Å². The molecule has 1 aromatic carbocycles. The molecule has 192 valence electrons. The molecular formula is C27H38F3N5. The van der Waals surface area contributed by atoms with Crippen molar-refractivity contribution in [3.8, 4) is 6.07 Å². The smallest absolute Gasteiger partial charge is 0.384 e. The summed E-state index contributed by atoms with van der Waals surface area (Å²) in [5, 5.41) is 18.7. The standard InChI is InChI=1S/C25H35N5.C2H3F3/c1-5-6-17-30-19-24(29-22(4)28-23-13-11-20(2)12-14-23)18-25(30)21(3)27-16-10-8-7-9-15-26;1-2(3,4)5/h11-14,18-19,27-29H,3-10,16-17H2,1-2H3;1H3. The summed E-state index contributed by atoms with van der Waals surface area (Å²) in [5.74, 6) is 0.731. The van der Waals surface area contributed by atoms with Crippen LogP contribution >= 0.6 is 0 Å². The maximum Gasteiger partial charge on any atom is 0.386 e. The molecule has 0 aliphatic carbocycles. The molecule has 0 bridgehead atoms. The summed E-state index contributed by atoms with van der Waals surface area (Å²) in [5.41, 5.74) is 5.24. The number of benzene rings is 1. The van der Waals surface area contributed by atoms with Gasteiger partial charge in [-0.15, -0.1) is 0 Å². The molecule has 0 aliphatic heterocycles. The van der Waals surface area contributed by atoms with Gasteiger partial charge in [0.2, 0.25) is 0 Å². The van der Waals surface area contributed by atoms with Gasteiger partial charge in [-0.3, -0.25) is 0 Å². The Labute approximate surface area is 207 Å². The van der Waals surface area contributed by atoms with Gasteiger partial charge in [-0.05, 0) is 44.4 Å². The lowest BCUT2D eigenvalue weighted by Gasteiger charge is -2.13. The molecule has 3 N–H and O–H groups in total.